The van der Waals surface area contributed by atoms with E-state index in [2.05, 4.69) is 27.3 Å². The van der Waals surface area contributed by atoms with Crippen LogP contribution in [0.2, 0.25) is 0 Å². The van der Waals surface area contributed by atoms with Gasteiger partial charge in [0.25, 0.3) is 0 Å². The molecule has 3 heterocycles. The summed E-state index contributed by atoms with van der Waals surface area (Å²) in [6.45, 7) is 3.53. The zero-order chi connectivity index (χ0) is 17.9. The molecule has 1 amide bonds. The van der Waals surface area contributed by atoms with Gasteiger partial charge in [-0.15, -0.1) is 0 Å². The average Bonchev–Trinajstić information content (AvgIpc) is 2.68. The van der Waals surface area contributed by atoms with Gasteiger partial charge >= 0.3 is 0 Å². The zero-order valence-corrected chi connectivity index (χ0v) is 14.9. The van der Waals surface area contributed by atoms with Crippen molar-refractivity contribution in [2.75, 3.05) is 23.3 Å². The number of pyridine rings is 2. The summed E-state index contributed by atoms with van der Waals surface area (Å²) in [6, 6.07) is 17.9. The first kappa shape index (κ1) is 16.5. The number of carbonyl (C=O) groups is 1. The second-order valence-corrected chi connectivity index (χ2v) is 6.80. The molecule has 5 nitrogen and oxygen atoms in total. The summed E-state index contributed by atoms with van der Waals surface area (Å²) in [7, 11) is 0. The van der Waals surface area contributed by atoms with Crippen molar-refractivity contribution in [2.24, 2.45) is 5.92 Å². The number of amides is 1. The molecule has 0 spiro atoms. The summed E-state index contributed by atoms with van der Waals surface area (Å²) in [6.07, 6.45) is 1.87. The van der Waals surface area contributed by atoms with Gasteiger partial charge in [-0.05, 0) is 50.1 Å². The molecule has 1 aliphatic rings. The third-order valence-electron chi connectivity index (χ3n) is 4.84. The molecule has 0 bridgehead atoms. The fourth-order valence-electron chi connectivity index (χ4n) is 3.47. The molecule has 0 saturated carbocycles. The number of anilines is 2. The van der Waals surface area contributed by atoms with Crippen LogP contribution >= 0.6 is 0 Å². The Kier molecular flexibility index (Phi) is 4.52. The first-order valence-corrected chi connectivity index (χ1v) is 9.04. The Morgan fingerprint density at radius 2 is 1.96 bits per heavy atom. The molecule has 132 valence electrons. The standard InChI is InChI=1S/C21H22N4O/c1-15-6-4-10-19(22-15)24-21(26)17-8-5-13-25(14-17)20-12-11-16-7-2-3-9-18(16)23-20/h2-4,6-7,9-12,17H,5,8,13-14H2,1H3,(H,22,24,26). The first-order chi connectivity index (χ1) is 12.7. The lowest BCUT2D eigenvalue weighted by Gasteiger charge is -2.33. The first-order valence-electron chi connectivity index (χ1n) is 9.04. The molecule has 2 aromatic heterocycles. The molecule has 26 heavy (non-hydrogen) atoms. The van der Waals surface area contributed by atoms with E-state index in [1.54, 1.807) is 0 Å². The van der Waals surface area contributed by atoms with Crippen LogP contribution in [-0.4, -0.2) is 29.0 Å². The maximum atomic E-state index is 12.7. The highest BCUT2D eigenvalue weighted by Crippen LogP contribution is 2.24. The summed E-state index contributed by atoms with van der Waals surface area (Å²) >= 11 is 0. The van der Waals surface area contributed by atoms with Crippen LogP contribution in [0, 0.1) is 12.8 Å². The Bertz CT molecular complexity index is 940. The smallest absolute Gasteiger partial charge is 0.230 e. The molecule has 0 radical (unpaired) electrons. The van der Waals surface area contributed by atoms with Crippen molar-refractivity contribution in [3.8, 4) is 0 Å². The normalized spacial score (nSPS) is 17.3. The van der Waals surface area contributed by atoms with E-state index in [9.17, 15) is 4.79 Å². The fraction of sp³-hybridized carbons (Fsp3) is 0.286. The minimum atomic E-state index is -0.0562. The predicted molar refractivity (Wildman–Crippen MR) is 104 cm³/mol. The maximum absolute atomic E-state index is 12.7. The van der Waals surface area contributed by atoms with Gasteiger partial charge in [-0.1, -0.05) is 24.3 Å². The van der Waals surface area contributed by atoms with Gasteiger partial charge in [0.15, 0.2) is 0 Å². The lowest BCUT2D eigenvalue weighted by atomic mass is 9.97. The van der Waals surface area contributed by atoms with Gasteiger partial charge in [0.2, 0.25) is 5.91 Å². The van der Waals surface area contributed by atoms with Gasteiger partial charge in [-0.2, -0.15) is 0 Å². The van der Waals surface area contributed by atoms with Crippen molar-refractivity contribution in [3.63, 3.8) is 0 Å². The van der Waals surface area contributed by atoms with Crippen LogP contribution in [0.15, 0.2) is 54.6 Å². The number of para-hydroxylation sites is 1. The zero-order valence-electron chi connectivity index (χ0n) is 14.9. The highest BCUT2D eigenvalue weighted by molar-refractivity contribution is 5.92. The van der Waals surface area contributed by atoms with E-state index in [0.717, 1.165) is 41.8 Å². The largest absolute Gasteiger partial charge is 0.356 e. The Balaban J connectivity index is 1.48. The van der Waals surface area contributed by atoms with Gasteiger partial charge in [-0.3, -0.25) is 4.79 Å². The Morgan fingerprint density at radius 1 is 1.08 bits per heavy atom. The fourth-order valence-corrected chi connectivity index (χ4v) is 3.47. The minimum absolute atomic E-state index is 0.0357. The maximum Gasteiger partial charge on any atom is 0.230 e. The predicted octanol–water partition coefficient (Wildman–Crippen LogP) is 3.79. The number of nitrogens with one attached hydrogen (secondary N) is 1. The SMILES string of the molecule is Cc1cccc(NC(=O)C2CCCN(c3ccc4ccccc4n3)C2)n1. The average molecular weight is 346 g/mol. The lowest BCUT2D eigenvalue weighted by molar-refractivity contribution is -0.120. The molecular weight excluding hydrogens is 324 g/mol. The molecule has 1 atom stereocenters. The van der Waals surface area contributed by atoms with Crippen LogP contribution < -0.4 is 10.2 Å². The number of benzene rings is 1. The van der Waals surface area contributed by atoms with E-state index in [-0.39, 0.29) is 11.8 Å². The van der Waals surface area contributed by atoms with E-state index >= 15 is 0 Å². The number of carbonyl (C=O) groups excluding carboxylic acids is 1. The Morgan fingerprint density at radius 3 is 2.85 bits per heavy atom. The molecule has 4 rings (SSSR count). The number of piperidine rings is 1. The van der Waals surface area contributed by atoms with E-state index in [1.807, 2.05) is 49.4 Å². The van der Waals surface area contributed by atoms with E-state index < -0.39 is 0 Å². The number of nitrogens with zero attached hydrogens (tertiary/aromatic N) is 3. The van der Waals surface area contributed by atoms with E-state index in [0.29, 0.717) is 12.4 Å². The Labute approximate surface area is 153 Å². The van der Waals surface area contributed by atoms with Crippen LogP contribution in [0.1, 0.15) is 18.5 Å². The number of aryl methyl sites for hydroxylation is 1. The third kappa shape index (κ3) is 3.52. The molecule has 0 aliphatic carbocycles. The number of aromatic nitrogens is 2. The number of rotatable bonds is 3. The lowest BCUT2D eigenvalue weighted by Crippen LogP contribution is -2.41. The summed E-state index contributed by atoms with van der Waals surface area (Å²) in [4.78, 5) is 24.0. The molecule has 1 saturated heterocycles. The molecular formula is C21H22N4O. The van der Waals surface area contributed by atoms with Gasteiger partial charge in [0.1, 0.15) is 11.6 Å². The van der Waals surface area contributed by atoms with Gasteiger partial charge in [0.05, 0.1) is 11.4 Å². The van der Waals surface area contributed by atoms with Gasteiger partial charge in [0, 0.05) is 24.2 Å². The van der Waals surface area contributed by atoms with Gasteiger partial charge < -0.3 is 10.2 Å². The Hall–Kier alpha value is -2.95. The van der Waals surface area contributed by atoms with Crippen molar-refractivity contribution < 1.29 is 4.79 Å². The van der Waals surface area contributed by atoms with E-state index in [1.165, 1.54) is 0 Å². The molecule has 1 unspecified atom stereocenters. The van der Waals surface area contributed by atoms with Gasteiger partial charge in [-0.25, -0.2) is 9.97 Å². The van der Waals surface area contributed by atoms with Crippen LogP contribution in [-0.2, 0) is 4.79 Å². The molecule has 1 aliphatic heterocycles. The number of fused-ring (bicyclic) bond motifs is 1. The second kappa shape index (κ2) is 7.12. The van der Waals surface area contributed by atoms with E-state index in [4.69, 9.17) is 4.98 Å². The quantitative estimate of drug-likeness (QED) is 0.784. The molecule has 1 aromatic carbocycles. The summed E-state index contributed by atoms with van der Waals surface area (Å²) in [5, 5.41) is 4.09. The summed E-state index contributed by atoms with van der Waals surface area (Å²) in [5.41, 5.74) is 1.88. The third-order valence-corrected chi connectivity index (χ3v) is 4.84. The van der Waals surface area contributed by atoms with Crippen LogP contribution in [0.5, 0.6) is 0 Å². The van der Waals surface area contributed by atoms with Crippen molar-refractivity contribution in [1.82, 2.24) is 9.97 Å². The van der Waals surface area contributed by atoms with Crippen molar-refractivity contribution >= 4 is 28.4 Å². The van der Waals surface area contributed by atoms with Crippen LogP contribution in [0.4, 0.5) is 11.6 Å². The molecule has 5 heteroatoms. The second-order valence-electron chi connectivity index (χ2n) is 6.80. The highest BCUT2D eigenvalue weighted by atomic mass is 16.2. The monoisotopic (exact) mass is 346 g/mol. The minimum Gasteiger partial charge on any atom is -0.356 e. The summed E-state index contributed by atoms with van der Waals surface area (Å²) in [5.74, 6) is 1.54. The van der Waals surface area contributed by atoms with Crippen molar-refractivity contribution in [1.29, 1.82) is 0 Å². The number of hydrogen-bond donors (Lipinski definition) is 1. The number of hydrogen-bond acceptors (Lipinski definition) is 4. The topological polar surface area (TPSA) is 58.1 Å². The molecule has 3 aromatic rings. The highest BCUT2D eigenvalue weighted by Gasteiger charge is 2.27. The molecule has 1 N–H and O–H groups in total. The summed E-state index contributed by atoms with van der Waals surface area (Å²) < 4.78 is 0. The van der Waals surface area contributed by atoms with Crippen molar-refractivity contribution in [2.45, 2.75) is 19.8 Å². The van der Waals surface area contributed by atoms with Crippen LogP contribution in [0.3, 0.4) is 0 Å². The molecule has 1 fully saturated rings. The van der Waals surface area contributed by atoms with Crippen LogP contribution in [0.25, 0.3) is 10.9 Å². The van der Waals surface area contributed by atoms with Crippen molar-refractivity contribution in [3.05, 3.63) is 60.3 Å².